The Morgan fingerprint density at radius 1 is 1.07 bits per heavy atom. The smallest absolute Gasteiger partial charge is 0.234 e. The van der Waals surface area contributed by atoms with Crippen molar-refractivity contribution in [3.05, 3.63) is 60.4 Å². The number of anilines is 1. The first kappa shape index (κ1) is 19.3. The Hall–Kier alpha value is -3.00. The highest BCUT2D eigenvalue weighted by Gasteiger charge is 2.30. The highest BCUT2D eigenvalue weighted by molar-refractivity contribution is 7.99. The first-order valence-electron chi connectivity index (χ1n) is 9.65. The van der Waals surface area contributed by atoms with E-state index in [-0.39, 0.29) is 11.7 Å². The lowest BCUT2D eigenvalue weighted by molar-refractivity contribution is -0.113. The van der Waals surface area contributed by atoms with Gasteiger partial charge in [0, 0.05) is 18.2 Å². The number of azo groups is 1. The molecule has 0 unspecified atom stereocenters. The van der Waals surface area contributed by atoms with E-state index < -0.39 is 0 Å². The SMILES string of the molecule is CCn1c(SCC(=O)Nc2ccc(N=Nc3ccccc3)cc2)nnc1C1CC1. The van der Waals surface area contributed by atoms with Crippen LogP contribution >= 0.6 is 11.8 Å². The number of rotatable bonds is 8. The average Bonchev–Trinajstić information content (AvgIpc) is 3.52. The van der Waals surface area contributed by atoms with Crippen molar-refractivity contribution in [3.63, 3.8) is 0 Å². The van der Waals surface area contributed by atoms with E-state index in [1.807, 2.05) is 54.6 Å². The average molecular weight is 407 g/mol. The molecule has 2 aromatic carbocycles. The van der Waals surface area contributed by atoms with Crippen molar-refractivity contribution >= 4 is 34.7 Å². The predicted molar refractivity (Wildman–Crippen MR) is 114 cm³/mol. The van der Waals surface area contributed by atoms with Gasteiger partial charge in [-0.2, -0.15) is 10.2 Å². The highest BCUT2D eigenvalue weighted by atomic mass is 32.2. The lowest BCUT2D eigenvalue weighted by Gasteiger charge is -2.07. The zero-order valence-electron chi connectivity index (χ0n) is 16.2. The van der Waals surface area contributed by atoms with Crippen LogP contribution in [0.1, 0.15) is 31.5 Å². The Morgan fingerprint density at radius 3 is 2.41 bits per heavy atom. The van der Waals surface area contributed by atoms with Gasteiger partial charge < -0.3 is 9.88 Å². The Labute approximate surface area is 173 Å². The van der Waals surface area contributed by atoms with Crippen molar-refractivity contribution in [3.8, 4) is 0 Å². The van der Waals surface area contributed by atoms with E-state index >= 15 is 0 Å². The number of hydrogen-bond acceptors (Lipinski definition) is 6. The Balaban J connectivity index is 1.30. The van der Waals surface area contributed by atoms with Gasteiger partial charge in [0.1, 0.15) is 5.82 Å². The summed E-state index contributed by atoms with van der Waals surface area (Å²) >= 11 is 1.42. The molecule has 3 aromatic rings. The van der Waals surface area contributed by atoms with Gasteiger partial charge in [-0.1, -0.05) is 30.0 Å². The van der Waals surface area contributed by atoms with Gasteiger partial charge in [-0.25, -0.2) is 0 Å². The summed E-state index contributed by atoms with van der Waals surface area (Å²) in [6, 6.07) is 16.8. The van der Waals surface area contributed by atoms with Gasteiger partial charge in [-0.15, -0.1) is 10.2 Å². The van der Waals surface area contributed by atoms with E-state index in [1.54, 1.807) is 0 Å². The number of nitrogens with one attached hydrogen (secondary N) is 1. The molecule has 1 amide bonds. The topological polar surface area (TPSA) is 84.5 Å². The van der Waals surface area contributed by atoms with Crippen LogP contribution in [0.4, 0.5) is 17.1 Å². The van der Waals surface area contributed by atoms with Crippen LogP contribution in [0.5, 0.6) is 0 Å². The molecule has 8 heteroatoms. The molecular weight excluding hydrogens is 384 g/mol. The molecule has 4 rings (SSSR count). The van der Waals surface area contributed by atoms with Gasteiger partial charge in [-0.05, 0) is 56.2 Å². The van der Waals surface area contributed by atoms with Crippen molar-refractivity contribution in [1.29, 1.82) is 0 Å². The molecule has 1 saturated carbocycles. The van der Waals surface area contributed by atoms with Crippen LogP contribution in [0.15, 0.2) is 70.0 Å². The van der Waals surface area contributed by atoms with Crippen LogP contribution in [-0.2, 0) is 11.3 Å². The number of benzene rings is 2. The predicted octanol–water partition coefficient (Wildman–Crippen LogP) is 5.32. The van der Waals surface area contributed by atoms with Gasteiger partial charge in [0.25, 0.3) is 0 Å². The number of carbonyl (C=O) groups is 1. The van der Waals surface area contributed by atoms with E-state index in [0.717, 1.165) is 34.6 Å². The minimum Gasteiger partial charge on any atom is -0.325 e. The zero-order valence-corrected chi connectivity index (χ0v) is 17.0. The molecule has 148 valence electrons. The fourth-order valence-electron chi connectivity index (χ4n) is 2.90. The summed E-state index contributed by atoms with van der Waals surface area (Å²) < 4.78 is 2.11. The third-order valence-corrected chi connectivity index (χ3v) is 5.49. The number of thioether (sulfide) groups is 1. The number of amides is 1. The summed E-state index contributed by atoms with van der Waals surface area (Å²) in [5, 5.41) is 20.7. The maximum Gasteiger partial charge on any atom is 0.234 e. The van der Waals surface area contributed by atoms with Crippen molar-refractivity contribution in [1.82, 2.24) is 14.8 Å². The summed E-state index contributed by atoms with van der Waals surface area (Å²) in [6.07, 6.45) is 2.37. The molecule has 1 N–H and O–H groups in total. The maximum absolute atomic E-state index is 12.3. The molecule has 0 spiro atoms. The van der Waals surface area contributed by atoms with Crippen LogP contribution in [0.3, 0.4) is 0 Å². The second-order valence-corrected chi connectivity index (χ2v) is 7.72. The van der Waals surface area contributed by atoms with E-state index in [1.165, 1.54) is 24.6 Å². The first-order chi connectivity index (χ1) is 14.2. The van der Waals surface area contributed by atoms with Gasteiger partial charge in [0.2, 0.25) is 5.91 Å². The fraction of sp³-hybridized carbons (Fsp3) is 0.286. The molecule has 0 atom stereocenters. The standard InChI is InChI=1S/C21H22N6OS/c1-2-27-20(15-8-9-15)25-26-21(27)29-14-19(28)22-16-10-12-18(13-11-16)24-23-17-6-4-3-5-7-17/h3-7,10-13,15H,2,8-9,14H2,1H3,(H,22,28). The van der Waals surface area contributed by atoms with E-state index in [9.17, 15) is 4.79 Å². The molecule has 1 fully saturated rings. The quantitative estimate of drug-likeness (QED) is 0.405. The number of carbonyl (C=O) groups excluding carboxylic acids is 1. The monoisotopic (exact) mass is 406 g/mol. The second kappa shape index (κ2) is 9.00. The second-order valence-electron chi connectivity index (χ2n) is 6.78. The third-order valence-electron chi connectivity index (χ3n) is 4.52. The van der Waals surface area contributed by atoms with E-state index in [2.05, 4.69) is 37.2 Å². The van der Waals surface area contributed by atoms with Crippen LogP contribution in [-0.4, -0.2) is 26.4 Å². The van der Waals surface area contributed by atoms with Crippen molar-refractivity contribution in [2.75, 3.05) is 11.1 Å². The molecule has 1 aliphatic rings. The molecule has 29 heavy (non-hydrogen) atoms. The van der Waals surface area contributed by atoms with Crippen LogP contribution in [0.25, 0.3) is 0 Å². The Morgan fingerprint density at radius 2 is 1.76 bits per heavy atom. The number of nitrogens with zero attached hydrogens (tertiary/aromatic N) is 5. The van der Waals surface area contributed by atoms with Crippen molar-refractivity contribution in [2.45, 2.75) is 37.4 Å². The number of hydrogen-bond donors (Lipinski definition) is 1. The van der Waals surface area contributed by atoms with Crippen molar-refractivity contribution < 1.29 is 4.79 Å². The maximum atomic E-state index is 12.3. The molecule has 0 bridgehead atoms. The summed E-state index contributed by atoms with van der Waals surface area (Å²) in [6.45, 7) is 2.90. The molecule has 0 aliphatic heterocycles. The summed E-state index contributed by atoms with van der Waals surface area (Å²) in [4.78, 5) is 12.3. The fourth-order valence-corrected chi connectivity index (χ4v) is 3.71. The lowest BCUT2D eigenvalue weighted by Crippen LogP contribution is -2.14. The van der Waals surface area contributed by atoms with E-state index in [0.29, 0.717) is 5.92 Å². The minimum absolute atomic E-state index is 0.0766. The lowest BCUT2D eigenvalue weighted by atomic mass is 10.3. The van der Waals surface area contributed by atoms with Gasteiger partial charge in [0.15, 0.2) is 5.16 Å². The van der Waals surface area contributed by atoms with Crippen molar-refractivity contribution in [2.24, 2.45) is 10.2 Å². The van der Waals surface area contributed by atoms with Gasteiger partial charge >= 0.3 is 0 Å². The minimum atomic E-state index is -0.0766. The third kappa shape index (κ3) is 5.08. The summed E-state index contributed by atoms with van der Waals surface area (Å²) in [5.74, 6) is 1.81. The molecule has 1 aliphatic carbocycles. The highest BCUT2D eigenvalue weighted by Crippen LogP contribution is 2.40. The molecule has 0 saturated heterocycles. The zero-order chi connectivity index (χ0) is 20.1. The summed E-state index contributed by atoms with van der Waals surface area (Å²) in [5.41, 5.74) is 2.25. The largest absolute Gasteiger partial charge is 0.325 e. The molecule has 1 aromatic heterocycles. The van der Waals surface area contributed by atoms with Crippen LogP contribution in [0.2, 0.25) is 0 Å². The molecule has 1 heterocycles. The van der Waals surface area contributed by atoms with E-state index in [4.69, 9.17) is 0 Å². The Kier molecular flexibility index (Phi) is 6.00. The summed E-state index contributed by atoms with van der Waals surface area (Å²) in [7, 11) is 0. The number of aromatic nitrogens is 3. The van der Waals surface area contributed by atoms with Crippen LogP contribution in [0, 0.1) is 0 Å². The molecular formula is C21H22N6OS. The Bertz CT molecular complexity index is 996. The normalized spacial score (nSPS) is 13.7. The molecule has 7 nitrogen and oxygen atoms in total. The van der Waals surface area contributed by atoms with Crippen LogP contribution < -0.4 is 5.32 Å². The molecule has 0 radical (unpaired) electrons. The first-order valence-corrected chi connectivity index (χ1v) is 10.6. The van der Waals surface area contributed by atoms with Gasteiger partial charge in [-0.3, -0.25) is 4.79 Å². The van der Waals surface area contributed by atoms with Gasteiger partial charge in [0.05, 0.1) is 17.1 Å².